The van der Waals surface area contributed by atoms with Crippen LogP contribution in [0.2, 0.25) is 0 Å². The van der Waals surface area contributed by atoms with Crippen LogP contribution >= 0.6 is 0 Å². The molecule has 0 aliphatic heterocycles. The maximum Gasteiger partial charge on any atom is 0.274 e. The Morgan fingerprint density at radius 2 is 1.81 bits per heavy atom. The number of hydrogen-bond donors (Lipinski definition) is 2. The number of nitrogens with one attached hydrogen (secondary N) is 2. The second kappa shape index (κ2) is 8.06. The first kappa shape index (κ1) is 17.3. The minimum atomic E-state index is -0.397. The van der Waals surface area contributed by atoms with Crippen molar-refractivity contribution in [3.63, 3.8) is 0 Å². The van der Waals surface area contributed by atoms with Crippen LogP contribution in [0.15, 0.2) is 60.9 Å². The van der Waals surface area contributed by atoms with Gasteiger partial charge in [0.05, 0.1) is 7.11 Å². The molecule has 0 spiro atoms. The molecule has 0 radical (unpaired) electrons. The third-order valence-electron chi connectivity index (χ3n) is 3.63. The Morgan fingerprint density at radius 3 is 2.50 bits per heavy atom. The van der Waals surface area contributed by atoms with Crippen LogP contribution in [0, 0.1) is 5.82 Å². The number of ether oxygens (including phenoxy) is 1. The predicted molar refractivity (Wildman–Crippen MR) is 96.7 cm³/mol. The number of anilines is 2. The predicted octanol–water partition coefficient (Wildman–Crippen LogP) is 3.49. The zero-order valence-corrected chi connectivity index (χ0v) is 14.1. The molecule has 2 N–H and O–H groups in total. The first-order valence-electron chi connectivity index (χ1n) is 7.90. The summed E-state index contributed by atoms with van der Waals surface area (Å²) in [5.41, 5.74) is 1.74. The number of amides is 1. The Balaban J connectivity index is 1.63. The van der Waals surface area contributed by atoms with Crippen molar-refractivity contribution in [2.45, 2.75) is 6.54 Å². The van der Waals surface area contributed by atoms with Crippen LogP contribution in [0.3, 0.4) is 0 Å². The summed E-state index contributed by atoms with van der Waals surface area (Å²) >= 11 is 0. The molecule has 0 aliphatic carbocycles. The number of rotatable bonds is 6. The van der Waals surface area contributed by atoms with Crippen LogP contribution in [0.4, 0.5) is 15.9 Å². The number of halogens is 1. The van der Waals surface area contributed by atoms with E-state index >= 15 is 0 Å². The lowest BCUT2D eigenvalue weighted by Crippen LogP contribution is -2.14. The van der Waals surface area contributed by atoms with Crippen molar-refractivity contribution in [3.05, 3.63) is 78.0 Å². The Hall–Kier alpha value is -3.48. The molecule has 3 aromatic rings. The van der Waals surface area contributed by atoms with Gasteiger partial charge in [-0.15, -0.1) is 0 Å². The van der Waals surface area contributed by atoms with E-state index in [1.165, 1.54) is 30.6 Å². The van der Waals surface area contributed by atoms with E-state index in [0.717, 1.165) is 11.3 Å². The standard InChI is InChI=1S/C19H17FN4O2/c1-26-16-8-2-13(3-9-16)11-21-18-10-17(22-12-23-18)19(25)24-15-6-4-14(20)5-7-15/h2-10,12H,11H2,1H3,(H,24,25)(H,21,22,23). The highest BCUT2D eigenvalue weighted by molar-refractivity contribution is 6.03. The van der Waals surface area contributed by atoms with Crippen molar-refractivity contribution in [3.8, 4) is 5.75 Å². The molecule has 0 saturated carbocycles. The molecule has 0 saturated heterocycles. The first-order valence-corrected chi connectivity index (χ1v) is 7.90. The van der Waals surface area contributed by atoms with Gasteiger partial charge in [-0.1, -0.05) is 12.1 Å². The Kier molecular flexibility index (Phi) is 5.38. The van der Waals surface area contributed by atoms with Gasteiger partial charge in [-0.3, -0.25) is 4.79 Å². The molecule has 26 heavy (non-hydrogen) atoms. The maximum atomic E-state index is 12.9. The highest BCUT2D eigenvalue weighted by Gasteiger charge is 2.09. The SMILES string of the molecule is COc1ccc(CNc2cc(C(=O)Nc3ccc(F)cc3)ncn2)cc1. The summed E-state index contributed by atoms with van der Waals surface area (Å²) in [7, 11) is 1.62. The zero-order chi connectivity index (χ0) is 18.4. The van der Waals surface area contributed by atoms with E-state index in [1.54, 1.807) is 13.2 Å². The highest BCUT2D eigenvalue weighted by Crippen LogP contribution is 2.14. The average Bonchev–Trinajstić information content (AvgIpc) is 2.69. The number of benzene rings is 2. The lowest BCUT2D eigenvalue weighted by molar-refractivity contribution is 0.102. The van der Waals surface area contributed by atoms with Crippen molar-refractivity contribution >= 4 is 17.4 Å². The molecule has 2 aromatic carbocycles. The topological polar surface area (TPSA) is 76.1 Å². The minimum absolute atomic E-state index is 0.210. The first-order chi connectivity index (χ1) is 12.6. The van der Waals surface area contributed by atoms with Gasteiger partial charge in [0.25, 0.3) is 5.91 Å². The van der Waals surface area contributed by atoms with Crippen LogP contribution in [-0.4, -0.2) is 23.0 Å². The second-order valence-corrected chi connectivity index (χ2v) is 5.45. The van der Waals surface area contributed by atoms with Gasteiger partial charge >= 0.3 is 0 Å². The maximum absolute atomic E-state index is 12.9. The summed E-state index contributed by atoms with van der Waals surface area (Å²) in [6.45, 7) is 0.542. The molecule has 0 aliphatic rings. The third kappa shape index (κ3) is 4.54. The third-order valence-corrected chi connectivity index (χ3v) is 3.63. The molecule has 0 fully saturated rings. The molecule has 0 atom stereocenters. The molecule has 3 rings (SSSR count). The van der Waals surface area contributed by atoms with Crippen molar-refractivity contribution in [1.82, 2.24) is 9.97 Å². The molecule has 0 unspecified atom stereocenters. The van der Waals surface area contributed by atoms with Crippen LogP contribution < -0.4 is 15.4 Å². The number of carbonyl (C=O) groups is 1. The fourth-order valence-corrected chi connectivity index (χ4v) is 2.24. The summed E-state index contributed by atoms with van der Waals surface area (Å²) in [5, 5.41) is 5.81. The lowest BCUT2D eigenvalue weighted by Gasteiger charge is -2.08. The van der Waals surface area contributed by atoms with Crippen LogP contribution in [0.1, 0.15) is 16.1 Å². The minimum Gasteiger partial charge on any atom is -0.497 e. The fraction of sp³-hybridized carbons (Fsp3) is 0.105. The normalized spacial score (nSPS) is 10.2. The fourth-order valence-electron chi connectivity index (χ4n) is 2.24. The lowest BCUT2D eigenvalue weighted by atomic mass is 10.2. The number of nitrogens with zero attached hydrogens (tertiary/aromatic N) is 2. The van der Waals surface area contributed by atoms with Gasteiger partial charge in [0.1, 0.15) is 29.4 Å². The quantitative estimate of drug-likeness (QED) is 0.710. The average molecular weight is 352 g/mol. The summed E-state index contributed by atoms with van der Waals surface area (Å²) < 4.78 is 18.0. The monoisotopic (exact) mass is 352 g/mol. The summed E-state index contributed by atoms with van der Waals surface area (Å²) in [4.78, 5) is 20.3. The van der Waals surface area contributed by atoms with Crippen LogP contribution in [-0.2, 0) is 6.54 Å². The number of carbonyl (C=O) groups excluding carboxylic acids is 1. The smallest absolute Gasteiger partial charge is 0.274 e. The Morgan fingerprint density at radius 1 is 1.08 bits per heavy atom. The molecule has 7 heteroatoms. The summed E-state index contributed by atoms with van der Waals surface area (Å²) in [5.74, 6) is 0.553. The molecular formula is C19H17FN4O2. The van der Waals surface area contributed by atoms with E-state index in [2.05, 4.69) is 20.6 Å². The van der Waals surface area contributed by atoms with Crippen molar-refractivity contribution in [2.24, 2.45) is 0 Å². The van der Waals surface area contributed by atoms with Crippen molar-refractivity contribution in [2.75, 3.05) is 17.7 Å². The van der Waals surface area contributed by atoms with Gasteiger partial charge in [-0.25, -0.2) is 14.4 Å². The van der Waals surface area contributed by atoms with Gasteiger partial charge in [0, 0.05) is 18.3 Å². The van der Waals surface area contributed by atoms with Crippen molar-refractivity contribution in [1.29, 1.82) is 0 Å². The van der Waals surface area contributed by atoms with E-state index in [0.29, 0.717) is 18.1 Å². The molecule has 1 heterocycles. The van der Waals surface area contributed by atoms with E-state index < -0.39 is 5.91 Å². The number of hydrogen-bond acceptors (Lipinski definition) is 5. The molecule has 1 amide bonds. The van der Waals surface area contributed by atoms with Crippen molar-refractivity contribution < 1.29 is 13.9 Å². The molecule has 132 valence electrons. The van der Waals surface area contributed by atoms with E-state index in [9.17, 15) is 9.18 Å². The number of methoxy groups -OCH3 is 1. The second-order valence-electron chi connectivity index (χ2n) is 5.45. The molecular weight excluding hydrogens is 335 g/mol. The highest BCUT2D eigenvalue weighted by atomic mass is 19.1. The Bertz CT molecular complexity index is 883. The van der Waals surface area contributed by atoms with Gasteiger partial charge in [0.2, 0.25) is 0 Å². The molecule has 0 bridgehead atoms. The largest absolute Gasteiger partial charge is 0.497 e. The summed E-state index contributed by atoms with van der Waals surface area (Å²) in [6.07, 6.45) is 1.32. The van der Waals surface area contributed by atoms with Gasteiger partial charge < -0.3 is 15.4 Å². The summed E-state index contributed by atoms with van der Waals surface area (Å²) in [6, 6.07) is 14.7. The van der Waals surface area contributed by atoms with Gasteiger partial charge in [-0.2, -0.15) is 0 Å². The van der Waals surface area contributed by atoms with E-state index in [4.69, 9.17) is 4.74 Å². The Labute approximate surface area is 150 Å². The van der Waals surface area contributed by atoms with E-state index in [-0.39, 0.29) is 11.5 Å². The number of aromatic nitrogens is 2. The molecule has 6 nitrogen and oxygen atoms in total. The zero-order valence-electron chi connectivity index (χ0n) is 14.1. The van der Waals surface area contributed by atoms with E-state index in [1.807, 2.05) is 24.3 Å². The van der Waals surface area contributed by atoms with Gasteiger partial charge in [-0.05, 0) is 42.0 Å². The van der Waals surface area contributed by atoms with Gasteiger partial charge in [0.15, 0.2) is 0 Å². The van der Waals surface area contributed by atoms with Crippen LogP contribution in [0.25, 0.3) is 0 Å². The van der Waals surface area contributed by atoms with Crippen LogP contribution in [0.5, 0.6) is 5.75 Å². The molecule has 1 aromatic heterocycles.